The molecule has 1 N–H and O–H groups in total. The average Bonchev–Trinajstić information content (AvgIpc) is 2.99. The van der Waals surface area contributed by atoms with E-state index in [1.807, 2.05) is 36.7 Å². The van der Waals surface area contributed by atoms with Gasteiger partial charge >= 0.3 is 0 Å². The van der Waals surface area contributed by atoms with E-state index in [1.54, 1.807) is 24.3 Å². The summed E-state index contributed by atoms with van der Waals surface area (Å²) in [5.41, 5.74) is 6.67. The monoisotopic (exact) mass is 377 g/mol. The summed E-state index contributed by atoms with van der Waals surface area (Å²) >= 11 is 0. The molecule has 142 valence electrons. The number of hydrazone groups is 1. The van der Waals surface area contributed by atoms with Gasteiger partial charge < -0.3 is 0 Å². The Kier molecular flexibility index (Phi) is 5.59. The Bertz CT molecular complexity index is 1020. The molecule has 0 fully saturated rings. The highest BCUT2D eigenvalue weighted by Crippen LogP contribution is 2.11. The summed E-state index contributed by atoms with van der Waals surface area (Å²) < 4.78 is 1.92. The Balaban J connectivity index is 1.58. The number of aromatic nitrogens is 2. The molecule has 3 aromatic rings. The van der Waals surface area contributed by atoms with E-state index in [0.29, 0.717) is 17.7 Å². The molecular formula is C20H19N5O3. The van der Waals surface area contributed by atoms with Crippen LogP contribution in [-0.2, 0) is 6.54 Å². The summed E-state index contributed by atoms with van der Waals surface area (Å²) in [5.74, 6) is -0.337. The zero-order chi connectivity index (χ0) is 20.1. The molecule has 0 bridgehead atoms. The summed E-state index contributed by atoms with van der Waals surface area (Å²) in [6.07, 6.45) is 1.43. The fourth-order valence-corrected chi connectivity index (χ4v) is 2.68. The van der Waals surface area contributed by atoms with E-state index in [-0.39, 0.29) is 11.6 Å². The van der Waals surface area contributed by atoms with Crippen molar-refractivity contribution in [1.82, 2.24) is 15.2 Å². The standard InChI is InChI=1S/C20H19N5O3/c1-14-11-15(2)24(23-14)13-17-3-7-18(8-4-17)20(26)22-21-12-16-5-9-19(10-6-16)25(27)28/h3-12H,13H2,1-2H3,(H,22,26)/b21-12-. The van der Waals surface area contributed by atoms with Crippen LogP contribution in [0.15, 0.2) is 59.7 Å². The fraction of sp³-hybridized carbons (Fsp3) is 0.150. The number of hydrogen-bond donors (Lipinski definition) is 1. The molecule has 1 aromatic heterocycles. The van der Waals surface area contributed by atoms with Gasteiger partial charge in [0.15, 0.2) is 0 Å². The van der Waals surface area contributed by atoms with E-state index in [1.165, 1.54) is 18.3 Å². The summed E-state index contributed by atoms with van der Waals surface area (Å²) in [6.45, 7) is 4.60. The summed E-state index contributed by atoms with van der Waals surface area (Å²) in [5, 5.41) is 18.9. The van der Waals surface area contributed by atoms with Crippen molar-refractivity contribution in [3.63, 3.8) is 0 Å². The minimum Gasteiger partial charge on any atom is -0.267 e. The first-order valence-electron chi connectivity index (χ1n) is 8.60. The number of rotatable bonds is 6. The Labute approximate surface area is 161 Å². The first-order chi connectivity index (χ1) is 13.4. The largest absolute Gasteiger partial charge is 0.271 e. The highest BCUT2D eigenvalue weighted by atomic mass is 16.6. The van der Waals surface area contributed by atoms with Crippen LogP contribution in [0.1, 0.15) is 32.9 Å². The van der Waals surface area contributed by atoms with E-state index in [4.69, 9.17) is 0 Å². The van der Waals surface area contributed by atoms with E-state index in [0.717, 1.165) is 17.0 Å². The van der Waals surface area contributed by atoms with Crippen molar-refractivity contribution >= 4 is 17.8 Å². The lowest BCUT2D eigenvalue weighted by Crippen LogP contribution is -2.17. The Morgan fingerprint density at radius 3 is 2.43 bits per heavy atom. The van der Waals surface area contributed by atoms with E-state index >= 15 is 0 Å². The lowest BCUT2D eigenvalue weighted by molar-refractivity contribution is -0.384. The van der Waals surface area contributed by atoms with Gasteiger partial charge in [0.25, 0.3) is 11.6 Å². The van der Waals surface area contributed by atoms with Gasteiger partial charge in [-0.05, 0) is 55.3 Å². The molecule has 1 heterocycles. The third kappa shape index (κ3) is 4.67. The summed E-state index contributed by atoms with van der Waals surface area (Å²) in [7, 11) is 0. The lowest BCUT2D eigenvalue weighted by atomic mass is 10.1. The van der Waals surface area contributed by atoms with E-state index in [2.05, 4.69) is 15.6 Å². The fourth-order valence-electron chi connectivity index (χ4n) is 2.68. The Morgan fingerprint density at radius 2 is 1.86 bits per heavy atom. The number of carbonyl (C=O) groups is 1. The molecule has 1 amide bonds. The number of hydrogen-bond acceptors (Lipinski definition) is 5. The van der Waals surface area contributed by atoms with Gasteiger partial charge in [-0.3, -0.25) is 19.6 Å². The van der Waals surface area contributed by atoms with Crippen LogP contribution in [-0.4, -0.2) is 26.8 Å². The van der Waals surface area contributed by atoms with Gasteiger partial charge in [0.05, 0.1) is 23.4 Å². The zero-order valence-electron chi connectivity index (χ0n) is 15.5. The molecule has 0 saturated heterocycles. The third-order valence-electron chi connectivity index (χ3n) is 4.14. The number of amides is 1. The zero-order valence-corrected chi connectivity index (χ0v) is 15.5. The highest BCUT2D eigenvalue weighted by Gasteiger charge is 2.06. The van der Waals surface area contributed by atoms with Gasteiger partial charge in [-0.25, -0.2) is 5.43 Å². The molecule has 8 heteroatoms. The second kappa shape index (κ2) is 8.26. The van der Waals surface area contributed by atoms with Crippen molar-refractivity contribution in [2.75, 3.05) is 0 Å². The number of benzene rings is 2. The first-order valence-corrected chi connectivity index (χ1v) is 8.60. The van der Waals surface area contributed by atoms with Crippen LogP contribution in [0, 0.1) is 24.0 Å². The van der Waals surface area contributed by atoms with Crippen LogP contribution in [0.2, 0.25) is 0 Å². The molecule has 2 aromatic carbocycles. The minimum absolute atomic E-state index is 0.00161. The minimum atomic E-state index is -0.471. The van der Waals surface area contributed by atoms with Crippen molar-refractivity contribution in [2.24, 2.45) is 5.10 Å². The van der Waals surface area contributed by atoms with Gasteiger partial charge in [-0.15, -0.1) is 0 Å². The molecule has 0 spiro atoms. The lowest BCUT2D eigenvalue weighted by Gasteiger charge is -2.06. The predicted octanol–water partition coefficient (Wildman–Crippen LogP) is 3.22. The summed E-state index contributed by atoms with van der Waals surface area (Å²) in [4.78, 5) is 22.3. The number of carbonyl (C=O) groups excluding carboxylic acids is 1. The highest BCUT2D eigenvalue weighted by molar-refractivity contribution is 5.94. The molecule has 0 radical (unpaired) electrons. The normalized spacial score (nSPS) is 10.9. The van der Waals surface area contributed by atoms with Crippen molar-refractivity contribution in [2.45, 2.75) is 20.4 Å². The topological polar surface area (TPSA) is 102 Å². The van der Waals surface area contributed by atoms with Crippen LogP contribution in [0.25, 0.3) is 0 Å². The molecule has 0 aliphatic heterocycles. The third-order valence-corrected chi connectivity index (χ3v) is 4.14. The van der Waals surface area contributed by atoms with E-state index in [9.17, 15) is 14.9 Å². The summed E-state index contributed by atoms with van der Waals surface area (Å²) in [6, 6.07) is 15.1. The molecule has 0 aliphatic carbocycles. The molecular weight excluding hydrogens is 358 g/mol. The smallest absolute Gasteiger partial charge is 0.267 e. The number of nitrogens with one attached hydrogen (secondary N) is 1. The van der Waals surface area contributed by atoms with Crippen molar-refractivity contribution in [1.29, 1.82) is 0 Å². The maximum atomic E-state index is 12.2. The van der Waals surface area contributed by atoms with E-state index < -0.39 is 4.92 Å². The molecule has 3 rings (SSSR count). The first kappa shape index (κ1) is 19.0. The van der Waals surface area contributed by atoms with Crippen LogP contribution in [0.3, 0.4) is 0 Å². The van der Waals surface area contributed by atoms with Crippen molar-refractivity contribution in [3.8, 4) is 0 Å². The number of nitro groups is 1. The van der Waals surface area contributed by atoms with Crippen molar-refractivity contribution < 1.29 is 9.72 Å². The number of non-ortho nitro benzene ring substituents is 1. The maximum Gasteiger partial charge on any atom is 0.271 e. The average molecular weight is 377 g/mol. The second-order valence-corrected chi connectivity index (χ2v) is 6.33. The van der Waals surface area contributed by atoms with Crippen LogP contribution < -0.4 is 5.43 Å². The van der Waals surface area contributed by atoms with Gasteiger partial charge in [0.1, 0.15) is 0 Å². The van der Waals surface area contributed by atoms with Crippen LogP contribution in [0.4, 0.5) is 5.69 Å². The predicted molar refractivity (Wildman–Crippen MR) is 105 cm³/mol. The molecule has 0 unspecified atom stereocenters. The van der Waals surface area contributed by atoms with Crippen molar-refractivity contribution in [3.05, 3.63) is 92.8 Å². The maximum absolute atomic E-state index is 12.2. The SMILES string of the molecule is Cc1cc(C)n(Cc2ccc(C(=O)N/N=C\c3ccc([N+](=O)[O-])cc3)cc2)n1. The van der Waals surface area contributed by atoms with Crippen LogP contribution in [0.5, 0.6) is 0 Å². The van der Waals surface area contributed by atoms with Gasteiger partial charge in [0.2, 0.25) is 0 Å². The molecule has 0 saturated carbocycles. The van der Waals surface area contributed by atoms with Crippen LogP contribution >= 0.6 is 0 Å². The molecule has 0 atom stereocenters. The van der Waals surface area contributed by atoms with Gasteiger partial charge in [0, 0.05) is 23.4 Å². The molecule has 28 heavy (non-hydrogen) atoms. The number of nitro benzene ring substituents is 1. The number of nitrogens with zero attached hydrogens (tertiary/aromatic N) is 4. The second-order valence-electron chi connectivity index (χ2n) is 6.33. The molecule has 0 aliphatic rings. The Hall–Kier alpha value is -3.81. The van der Waals surface area contributed by atoms with Gasteiger partial charge in [-0.1, -0.05) is 12.1 Å². The quantitative estimate of drug-likeness (QED) is 0.405. The molecule has 8 nitrogen and oxygen atoms in total. The number of aryl methyl sites for hydroxylation is 2. The van der Waals surface area contributed by atoms with Gasteiger partial charge in [-0.2, -0.15) is 10.2 Å². The Morgan fingerprint density at radius 1 is 1.18 bits per heavy atom.